The van der Waals surface area contributed by atoms with Gasteiger partial charge in [0.15, 0.2) is 11.6 Å². The summed E-state index contributed by atoms with van der Waals surface area (Å²) in [6, 6.07) is 22.1. The van der Waals surface area contributed by atoms with Gasteiger partial charge in [-0.3, -0.25) is 0 Å². The summed E-state index contributed by atoms with van der Waals surface area (Å²) in [4.78, 5) is 6.32. The fraction of sp³-hybridized carbons (Fsp3) is 0.375. The maximum Gasteiger partial charge on any atom is 0.283 e. The topological polar surface area (TPSA) is 47.5 Å². The van der Waals surface area contributed by atoms with Crippen LogP contribution in [0, 0.1) is 24.0 Å². The molecule has 0 bridgehead atoms. The second-order valence-corrected chi connectivity index (χ2v) is 14.5. The number of hydrogen-bond acceptors (Lipinski definition) is 6. The van der Waals surface area contributed by atoms with Crippen LogP contribution in [0.1, 0.15) is 52.1 Å². The highest BCUT2D eigenvalue weighted by Gasteiger charge is 2.39. The molecule has 1 saturated heterocycles. The Hall–Kier alpha value is -2.98. The summed E-state index contributed by atoms with van der Waals surface area (Å²) >= 11 is 1.07. The minimum atomic E-state index is -1.78. The van der Waals surface area contributed by atoms with Gasteiger partial charge < -0.3 is 14.1 Å². The van der Waals surface area contributed by atoms with Gasteiger partial charge in [-0.1, -0.05) is 81.4 Å². The molecule has 1 aliphatic heterocycles. The molecule has 5 nitrogen and oxygen atoms in total. The molecule has 9 heteroatoms. The summed E-state index contributed by atoms with van der Waals surface area (Å²) in [6.45, 7) is 12.8. The van der Waals surface area contributed by atoms with E-state index in [0.29, 0.717) is 29.5 Å². The third kappa shape index (κ3) is 6.43. The average Bonchev–Trinajstić information content (AvgIpc) is 3.36. The van der Waals surface area contributed by atoms with Crippen LogP contribution in [0.4, 0.5) is 14.5 Å². The zero-order chi connectivity index (χ0) is 29.3. The maximum atomic E-state index is 16.4. The number of morpholine rings is 1. The predicted octanol–water partition coefficient (Wildman–Crippen LogP) is 6.32. The van der Waals surface area contributed by atoms with Crippen LogP contribution in [0.5, 0.6) is 0 Å². The lowest BCUT2D eigenvalue weighted by atomic mass is 9.83. The van der Waals surface area contributed by atoms with Crippen LogP contribution in [-0.4, -0.2) is 43.7 Å². The number of rotatable bonds is 7. The molecule has 1 aromatic heterocycles. The van der Waals surface area contributed by atoms with Gasteiger partial charge in [0, 0.05) is 18.7 Å². The summed E-state index contributed by atoms with van der Waals surface area (Å²) in [5.74, 6) is -1.29. The molecule has 1 aliphatic rings. The number of benzene rings is 3. The Balaban J connectivity index is 1.72. The molecule has 0 amide bonds. The van der Waals surface area contributed by atoms with Gasteiger partial charge in [-0.2, -0.15) is 4.37 Å². The van der Waals surface area contributed by atoms with Crippen LogP contribution in [0.2, 0.25) is 0 Å². The summed E-state index contributed by atoms with van der Waals surface area (Å²) in [5.41, 5.74) is 0.482. The Kier molecular flexibility index (Phi) is 8.70. The van der Waals surface area contributed by atoms with Gasteiger partial charge in [0.05, 0.1) is 29.6 Å². The van der Waals surface area contributed by atoms with Crippen molar-refractivity contribution in [3.8, 4) is 10.6 Å². The van der Waals surface area contributed by atoms with Crippen molar-refractivity contribution in [3.63, 3.8) is 0 Å². The van der Waals surface area contributed by atoms with E-state index in [1.54, 1.807) is 13.0 Å². The van der Waals surface area contributed by atoms with Crippen LogP contribution in [-0.2, 0) is 9.16 Å². The zero-order valence-electron chi connectivity index (χ0n) is 24.3. The molecule has 41 heavy (non-hydrogen) atoms. The normalized spacial score (nSPS) is 18.6. The van der Waals surface area contributed by atoms with Gasteiger partial charge in [0.2, 0.25) is 0 Å². The Labute approximate surface area is 247 Å². The highest BCUT2D eigenvalue weighted by Crippen LogP contribution is 2.45. The number of aryl methyl sites for hydroxylation is 1. The molecule has 215 valence electrons. The first kappa shape index (κ1) is 29.5. The van der Waals surface area contributed by atoms with Gasteiger partial charge in [-0.05, 0) is 54.2 Å². The lowest BCUT2D eigenvalue weighted by Crippen LogP contribution is -2.48. The Morgan fingerprint density at radius 1 is 0.951 bits per heavy atom. The SMILES string of the molecule is Cc1nsc(-c2cc(C(O[Si](c3ccccc3)c3ccccc3)C(C)(C)C)c(N3CC(C)OC(C)C3)c(F)c2F)n1. The van der Waals surface area contributed by atoms with Crippen molar-refractivity contribution in [3.05, 3.63) is 89.8 Å². The van der Waals surface area contributed by atoms with Crippen LogP contribution in [0.25, 0.3) is 10.6 Å². The Morgan fingerprint density at radius 2 is 1.51 bits per heavy atom. The molecular weight excluding hydrogens is 557 g/mol. The largest absolute Gasteiger partial charge is 0.400 e. The van der Waals surface area contributed by atoms with E-state index >= 15 is 8.78 Å². The quantitative estimate of drug-likeness (QED) is 0.235. The molecule has 0 saturated carbocycles. The fourth-order valence-corrected chi connectivity index (χ4v) is 8.38. The third-order valence-electron chi connectivity index (χ3n) is 7.08. The molecule has 0 N–H and O–H groups in total. The van der Waals surface area contributed by atoms with Gasteiger partial charge >= 0.3 is 0 Å². The molecule has 5 rings (SSSR count). The lowest BCUT2D eigenvalue weighted by Gasteiger charge is -2.41. The molecule has 3 aromatic carbocycles. The molecule has 0 spiro atoms. The third-order valence-corrected chi connectivity index (χ3v) is 10.1. The van der Waals surface area contributed by atoms with Crippen molar-refractivity contribution in [2.75, 3.05) is 18.0 Å². The van der Waals surface area contributed by atoms with Crippen molar-refractivity contribution >= 4 is 36.6 Å². The van der Waals surface area contributed by atoms with Crippen LogP contribution >= 0.6 is 11.5 Å². The van der Waals surface area contributed by atoms with Gasteiger partial charge in [-0.25, -0.2) is 13.8 Å². The second kappa shape index (κ2) is 12.1. The van der Waals surface area contributed by atoms with E-state index in [9.17, 15) is 0 Å². The standard InChI is InChI=1S/C32H36F2N3O2SSi/c1-20-18-37(19-21(2)38-20)29-26(17-25(27(33)28(29)34)31-35-22(3)36-40-31)30(32(4,5)6)39-41(23-13-9-7-10-14-23)24-15-11-8-12-16-24/h7-17,20-21,30H,18-19H2,1-6H3. The minimum Gasteiger partial charge on any atom is -0.400 e. The lowest BCUT2D eigenvalue weighted by molar-refractivity contribution is -0.00575. The Morgan fingerprint density at radius 3 is 2.00 bits per heavy atom. The van der Waals surface area contributed by atoms with Crippen molar-refractivity contribution in [2.45, 2.75) is 59.9 Å². The van der Waals surface area contributed by atoms with Gasteiger partial charge in [0.25, 0.3) is 9.04 Å². The average molecular weight is 593 g/mol. The van der Waals surface area contributed by atoms with E-state index in [4.69, 9.17) is 9.16 Å². The summed E-state index contributed by atoms with van der Waals surface area (Å²) in [6.07, 6.45) is -0.841. The van der Waals surface area contributed by atoms with Gasteiger partial charge in [-0.15, -0.1) is 0 Å². The Bertz CT molecular complexity index is 1430. The fourth-order valence-electron chi connectivity index (χ4n) is 5.39. The highest BCUT2D eigenvalue weighted by molar-refractivity contribution is 7.09. The first-order chi connectivity index (χ1) is 19.5. The highest BCUT2D eigenvalue weighted by atomic mass is 32.1. The summed E-state index contributed by atoms with van der Waals surface area (Å²) in [5, 5.41) is 2.51. The minimum absolute atomic E-state index is 0.104. The van der Waals surface area contributed by atoms with Crippen molar-refractivity contribution in [1.82, 2.24) is 9.36 Å². The predicted molar refractivity (Wildman–Crippen MR) is 163 cm³/mol. The van der Waals surface area contributed by atoms with E-state index in [2.05, 4.69) is 54.4 Å². The van der Waals surface area contributed by atoms with Crippen molar-refractivity contribution < 1.29 is 17.9 Å². The molecule has 4 aromatic rings. The van der Waals surface area contributed by atoms with Crippen LogP contribution in [0.15, 0.2) is 66.7 Å². The van der Waals surface area contributed by atoms with E-state index in [0.717, 1.165) is 21.9 Å². The number of ether oxygens (including phenoxy) is 1. The van der Waals surface area contributed by atoms with Crippen molar-refractivity contribution in [1.29, 1.82) is 0 Å². The number of halogens is 2. The van der Waals surface area contributed by atoms with Gasteiger partial charge in [0.1, 0.15) is 10.8 Å². The molecule has 1 radical (unpaired) electrons. The summed E-state index contributed by atoms with van der Waals surface area (Å²) in [7, 11) is -1.78. The van der Waals surface area contributed by atoms with E-state index < -0.39 is 32.2 Å². The van der Waals surface area contributed by atoms with Crippen LogP contribution in [0.3, 0.4) is 0 Å². The second-order valence-electron chi connectivity index (χ2n) is 11.7. The number of nitrogens with zero attached hydrogens (tertiary/aromatic N) is 3. The maximum absolute atomic E-state index is 16.4. The molecule has 2 heterocycles. The van der Waals surface area contributed by atoms with Crippen molar-refractivity contribution in [2.24, 2.45) is 5.41 Å². The van der Waals surface area contributed by atoms with Crippen LogP contribution < -0.4 is 15.3 Å². The van der Waals surface area contributed by atoms with E-state index in [-0.39, 0.29) is 23.5 Å². The van der Waals surface area contributed by atoms with E-state index in [1.807, 2.05) is 55.1 Å². The number of aromatic nitrogens is 2. The monoisotopic (exact) mass is 592 g/mol. The smallest absolute Gasteiger partial charge is 0.283 e. The first-order valence-electron chi connectivity index (χ1n) is 13.9. The molecule has 3 atom stereocenters. The molecule has 1 fully saturated rings. The molecule has 0 aliphatic carbocycles. The molecule has 3 unspecified atom stereocenters. The summed E-state index contributed by atoms with van der Waals surface area (Å²) < 4.78 is 49.7. The van der Waals surface area contributed by atoms with E-state index in [1.165, 1.54) is 0 Å². The number of anilines is 1. The first-order valence-corrected chi connectivity index (χ1v) is 16.1. The molecular formula is C32H36F2N3O2SSi. The zero-order valence-corrected chi connectivity index (χ0v) is 26.1. The number of hydrogen-bond donors (Lipinski definition) is 0.